The summed E-state index contributed by atoms with van der Waals surface area (Å²) < 4.78 is 0. The van der Waals surface area contributed by atoms with Crippen molar-refractivity contribution in [3.63, 3.8) is 0 Å². The van der Waals surface area contributed by atoms with Gasteiger partial charge in [-0.3, -0.25) is 14.7 Å². The summed E-state index contributed by atoms with van der Waals surface area (Å²) in [6.07, 6.45) is 1.51. The molecule has 0 saturated carbocycles. The van der Waals surface area contributed by atoms with E-state index < -0.39 is 0 Å². The Morgan fingerprint density at radius 3 is 2.66 bits per heavy atom. The zero-order valence-corrected chi connectivity index (χ0v) is 15.9. The first-order chi connectivity index (χ1) is 14.1. The van der Waals surface area contributed by atoms with E-state index in [0.717, 1.165) is 16.8 Å². The van der Waals surface area contributed by atoms with Gasteiger partial charge in [-0.2, -0.15) is 10.4 Å². The minimum atomic E-state index is -0.219. The third-order valence-corrected chi connectivity index (χ3v) is 4.99. The highest BCUT2D eigenvalue weighted by Gasteiger charge is 2.30. The maximum Gasteiger partial charge on any atom is 0.258 e. The van der Waals surface area contributed by atoms with E-state index in [2.05, 4.69) is 16.3 Å². The van der Waals surface area contributed by atoms with Crippen molar-refractivity contribution in [2.24, 2.45) is 0 Å². The van der Waals surface area contributed by atoms with E-state index in [1.165, 1.54) is 6.20 Å². The van der Waals surface area contributed by atoms with Gasteiger partial charge >= 0.3 is 0 Å². The molecule has 7 heteroatoms. The number of aromatic amines is 1. The molecule has 3 aromatic rings. The Kier molecular flexibility index (Phi) is 4.83. The number of rotatable bonds is 3. The van der Waals surface area contributed by atoms with Crippen LogP contribution in [0, 0.1) is 18.3 Å². The third-order valence-electron chi connectivity index (χ3n) is 4.99. The van der Waals surface area contributed by atoms with Crippen LogP contribution in [0.1, 0.15) is 21.5 Å². The molecule has 0 bridgehead atoms. The lowest BCUT2D eigenvalue weighted by atomic mass is 10.0. The fourth-order valence-corrected chi connectivity index (χ4v) is 3.47. The second-order valence-electron chi connectivity index (χ2n) is 6.96. The number of nitriles is 1. The average Bonchev–Trinajstić information content (AvgIpc) is 3.23. The highest BCUT2D eigenvalue weighted by atomic mass is 16.2. The molecule has 1 aliphatic heterocycles. The van der Waals surface area contributed by atoms with Gasteiger partial charge in [0.05, 0.1) is 29.1 Å². The maximum atomic E-state index is 13.1. The van der Waals surface area contributed by atoms with E-state index in [1.54, 1.807) is 34.1 Å². The lowest BCUT2D eigenvalue weighted by Crippen LogP contribution is -2.52. The SMILES string of the molecule is Cc1cccc(-c2[nH]ncc2C(=O)N2CCN(c3ccc(C#N)cc3)C(=O)C2)c1. The molecule has 2 heterocycles. The van der Waals surface area contributed by atoms with E-state index in [4.69, 9.17) is 5.26 Å². The molecular formula is C22H19N5O2. The number of piperazine rings is 1. The number of hydrogen-bond donors (Lipinski definition) is 1. The first kappa shape index (κ1) is 18.4. The molecule has 2 aromatic carbocycles. The van der Waals surface area contributed by atoms with Crippen molar-refractivity contribution in [3.8, 4) is 17.3 Å². The number of carbonyl (C=O) groups is 2. The first-order valence-electron chi connectivity index (χ1n) is 9.27. The lowest BCUT2D eigenvalue weighted by Gasteiger charge is -2.34. The van der Waals surface area contributed by atoms with Gasteiger partial charge < -0.3 is 9.80 Å². The number of carbonyl (C=O) groups excluding carboxylic acids is 2. The zero-order valence-electron chi connectivity index (χ0n) is 15.9. The fraction of sp³-hybridized carbons (Fsp3) is 0.182. The molecule has 1 saturated heterocycles. The van der Waals surface area contributed by atoms with Gasteiger partial charge in [0.2, 0.25) is 5.91 Å². The number of aryl methyl sites for hydroxylation is 1. The van der Waals surface area contributed by atoms with Gasteiger partial charge in [0.25, 0.3) is 5.91 Å². The van der Waals surface area contributed by atoms with Crippen molar-refractivity contribution in [2.75, 3.05) is 24.5 Å². The summed E-state index contributed by atoms with van der Waals surface area (Å²) >= 11 is 0. The van der Waals surface area contributed by atoms with Crippen LogP contribution in [0.4, 0.5) is 5.69 Å². The molecule has 1 aliphatic rings. The molecule has 2 amide bonds. The average molecular weight is 385 g/mol. The smallest absolute Gasteiger partial charge is 0.258 e. The largest absolute Gasteiger partial charge is 0.327 e. The van der Waals surface area contributed by atoms with Crippen LogP contribution in [0.3, 0.4) is 0 Å². The summed E-state index contributed by atoms with van der Waals surface area (Å²) in [7, 11) is 0. The number of hydrogen-bond acceptors (Lipinski definition) is 4. The Bertz CT molecular complexity index is 1110. The predicted molar refractivity (Wildman–Crippen MR) is 108 cm³/mol. The van der Waals surface area contributed by atoms with E-state index in [1.807, 2.05) is 31.2 Å². The van der Waals surface area contributed by atoms with Crippen molar-refractivity contribution < 1.29 is 9.59 Å². The lowest BCUT2D eigenvalue weighted by molar-refractivity contribution is -0.120. The van der Waals surface area contributed by atoms with Crippen LogP contribution in [0.2, 0.25) is 0 Å². The van der Waals surface area contributed by atoms with Crippen molar-refractivity contribution in [1.29, 1.82) is 5.26 Å². The molecule has 7 nitrogen and oxygen atoms in total. The van der Waals surface area contributed by atoms with E-state index >= 15 is 0 Å². The minimum absolute atomic E-state index is 0.00271. The monoisotopic (exact) mass is 385 g/mol. The van der Waals surface area contributed by atoms with Crippen molar-refractivity contribution >= 4 is 17.5 Å². The summed E-state index contributed by atoms with van der Waals surface area (Å²) in [5, 5.41) is 15.9. The summed E-state index contributed by atoms with van der Waals surface area (Å²) in [4.78, 5) is 28.9. The van der Waals surface area contributed by atoms with Crippen LogP contribution in [0.25, 0.3) is 11.3 Å². The summed E-state index contributed by atoms with van der Waals surface area (Å²) in [5.41, 5.74) is 4.34. The molecule has 1 fully saturated rings. The van der Waals surface area contributed by atoms with E-state index in [-0.39, 0.29) is 18.4 Å². The molecule has 0 radical (unpaired) electrons. The van der Waals surface area contributed by atoms with Crippen LogP contribution in [-0.2, 0) is 4.79 Å². The first-order valence-corrected chi connectivity index (χ1v) is 9.27. The van der Waals surface area contributed by atoms with Gasteiger partial charge in [-0.1, -0.05) is 23.8 Å². The van der Waals surface area contributed by atoms with Crippen LogP contribution in [-0.4, -0.2) is 46.5 Å². The topological polar surface area (TPSA) is 93.1 Å². The van der Waals surface area contributed by atoms with Crippen LogP contribution < -0.4 is 4.90 Å². The molecule has 144 valence electrons. The number of anilines is 1. The number of nitrogens with one attached hydrogen (secondary N) is 1. The normalized spacial score (nSPS) is 14.0. The summed E-state index contributed by atoms with van der Waals surface area (Å²) in [6.45, 7) is 2.80. The molecule has 0 unspecified atom stereocenters. The maximum absolute atomic E-state index is 13.1. The molecule has 0 spiro atoms. The Labute approximate surface area is 168 Å². The van der Waals surface area contributed by atoms with E-state index in [0.29, 0.717) is 29.9 Å². The Hall–Kier alpha value is -3.92. The molecule has 29 heavy (non-hydrogen) atoms. The van der Waals surface area contributed by atoms with Gasteiger partial charge in [-0.05, 0) is 37.3 Å². The molecular weight excluding hydrogens is 366 g/mol. The highest BCUT2D eigenvalue weighted by molar-refractivity contribution is 6.04. The Balaban J connectivity index is 1.51. The fourth-order valence-electron chi connectivity index (χ4n) is 3.47. The molecule has 1 N–H and O–H groups in total. The predicted octanol–water partition coefficient (Wildman–Crippen LogP) is 2.75. The van der Waals surface area contributed by atoms with Gasteiger partial charge in [0.15, 0.2) is 0 Å². The van der Waals surface area contributed by atoms with Crippen LogP contribution >= 0.6 is 0 Å². The number of aromatic nitrogens is 2. The quantitative estimate of drug-likeness (QED) is 0.750. The zero-order chi connectivity index (χ0) is 20.4. The van der Waals surface area contributed by atoms with Gasteiger partial charge in [0.1, 0.15) is 6.54 Å². The van der Waals surface area contributed by atoms with Crippen molar-refractivity contribution in [3.05, 3.63) is 71.4 Å². The number of amides is 2. The Morgan fingerprint density at radius 1 is 1.17 bits per heavy atom. The van der Waals surface area contributed by atoms with E-state index in [9.17, 15) is 9.59 Å². The Morgan fingerprint density at radius 2 is 1.97 bits per heavy atom. The summed E-state index contributed by atoms with van der Waals surface area (Å²) in [6, 6.07) is 16.7. The molecule has 0 atom stereocenters. The van der Waals surface area contributed by atoms with Crippen LogP contribution in [0.15, 0.2) is 54.7 Å². The second kappa shape index (κ2) is 7.60. The minimum Gasteiger partial charge on any atom is -0.327 e. The number of benzene rings is 2. The molecule has 0 aliphatic carbocycles. The number of nitrogens with zero attached hydrogens (tertiary/aromatic N) is 4. The standard InChI is InChI=1S/C22H19N5O2/c1-15-3-2-4-17(11-15)21-19(13-24-25-21)22(29)26-9-10-27(20(28)14-26)18-7-5-16(12-23)6-8-18/h2-8,11,13H,9-10,14H2,1H3,(H,24,25). The number of H-pyrrole nitrogens is 1. The third kappa shape index (κ3) is 3.60. The summed E-state index contributed by atoms with van der Waals surface area (Å²) in [5.74, 6) is -0.377. The van der Waals surface area contributed by atoms with Gasteiger partial charge in [-0.15, -0.1) is 0 Å². The van der Waals surface area contributed by atoms with Crippen molar-refractivity contribution in [1.82, 2.24) is 15.1 Å². The second-order valence-corrected chi connectivity index (χ2v) is 6.96. The van der Waals surface area contributed by atoms with Gasteiger partial charge in [0, 0.05) is 24.3 Å². The van der Waals surface area contributed by atoms with Crippen molar-refractivity contribution in [2.45, 2.75) is 6.92 Å². The van der Waals surface area contributed by atoms with Gasteiger partial charge in [-0.25, -0.2) is 0 Å². The highest BCUT2D eigenvalue weighted by Crippen LogP contribution is 2.24. The van der Waals surface area contributed by atoms with Crippen LogP contribution in [0.5, 0.6) is 0 Å². The molecule has 1 aromatic heterocycles. The molecule has 4 rings (SSSR count).